The largest absolute Gasteiger partial charge is 0.439 e. The number of primary amides is 1. The number of hydrogen-bond acceptors (Lipinski definition) is 4. The third-order valence-electron chi connectivity index (χ3n) is 4.89. The van der Waals surface area contributed by atoms with Crippen LogP contribution in [0.1, 0.15) is 54.1 Å². The maximum absolute atomic E-state index is 11.2. The van der Waals surface area contributed by atoms with Crippen molar-refractivity contribution in [3.05, 3.63) is 53.2 Å². The lowest BCUT2D eigenvalue weighted by Gasteiger charge is -2.27. The molecule has 1 unspecified atom stereocenters. The Labute approximate surface area is 155 Å². The number of amides is 1. The molecule has 0 spiro atoms. The summed E-state index contributed by atoms with van der Waals surface area (Å²) in [4.78, 5) is 15.4. The molecule has 5 heteroatoms. The highest BCUT2D eigenvalue weighted by Crippen LogP contribution is 2.32. The Morgan fingerprint density at radius 3 is 2.92 bits per heavy atom. The van der Waals surface area contributed by atoms with Gasteiger partial charge in [0.1, 0.15) is 5.75 Å². The first-order valence-corrected chi connectivity index (χ1v) is 9.45. The van der Waals surface area contributed by atoms with Gasteiger partial charge in [-0.3, -0.25) is 4.79 Å². The molecule has 1 heterocycles. The fraction of sp³-hybridized carbons (Fsp3) is 0.429. The van der Waals surface area contributed by atoms with Crippen molar-refractivity contribution in [3.8, 4) is 11.6 Å². The minimum absolute atomic E-state index is 0.379. The van der Waals surface area contributed by atoms with Gasteiger partial charge in [-0.15, -0.1) is 0 Å². The number of carbonyl (C=O) groups is 1. The van der Waals surface area contributed by atoms with Crippen molar-refractivity contribution in [2.24, 2.45) is 5.73 Å². The van der Waals surface area contributed by atoms with Crippen LogP contribution in [0.2, 0.25) is 0 Å². The van der Waals surface area contributed by atoms with Crippen LogP contribution in [0.5, 0.6) is 11.6 Å². The highest BCUT2D eigenvalue weighted by molar-refractivity contribution is 5.92. The molecule has 0 aliphatic heterocycles. The van der Waals surface area contributed by atoms with Gasteiger partial charge in [0.2, 0.25) is 11.8 Å². The second-order valence-electron chi connectivity index (χ2n) is 6.85. The predicted octanol–water partition coefficient (Wildman–Crippen LogP) is 3.61. The number of aryl methyl sites for hydroxylation is 1. The zero-order valence-electron chi connectivity index (χ0n) is 15.3. The van der Waals surface area contributed by atoms with Gasteiger partial charge in [0.25, 0.3) is 0 Å². The molecule has 2 aromatic rings. The Bertz CT molecular complexity index is 743. The Hall–Kier alpha value is -2.40. The van der Waals surface area contributed by atoms with E-state index in [1.165, 1.54) is 36.6 Å². The number of nitrogens with one attached hydrogen (secondary N) is 1. The van der Waals surface area contributed by atoms with Crippen molar-refractivity contribution in [2.75, 3.05) is 6.54 Å². The van der Waals surface area contributed by atoms with E-state index in [0.717, 1.165) is 31.6 Å². The molecular weight excluding hydrogens is 326 g/mol. The molecule has 1 aliphatic rings. The maximum atomic E-state index is 11.2. The SMILES string of the molecule is CCCCCNC1CCc2cccc(Oc3ccc(C(N)=O)cn3)c2C1. The number of pyridine rings is 1. The summed E-state index contributed by atoms with van der Waals surface area (Å²) in [6.07, 6.45) is 8.39. The first kappa shape index (κ1) is 18.4. The smallest absolute Gasteiger partial charge is 0.250 e. The number of benzene rings is 1. The molecular formula is C21H27N3O2. The first-order valence-electron chi connectivity index (χ1n) is 9.45. The standard InChI is InChI=1S/C21H27N3O2/c1-2-3-4-12-23-17-10-8-15-6-5-7-19(18(15)13-17)26-20-11-9-16(14-24-20)21(22)25/h5-7,9,11,14,17,23H,2-4,8,10,12-13H2,1H3,(H2,22,25). The van der Waals surface area contributed by atoms with Gasteiger partial charge in [-0.05, 0) is 55.5 Å². The molecule has 0 saturated carbocycles. The summed E-state index contributed by atoms with van der Waals surface area (Å²) in [5.41, 5.74) is 8.24. The highest BCUT2D eigenvalue weighted by atomic mass is 16.5. The van der Waals surface area contributed by atoms with Crippen LogP contribution >= 0.6 is 0 Å². The number of rotatable bonds is 8. The number of ether oxygens (including phenoxy) is 1. The molecule has 1 aliphatic carbocycles. The first-order chi connectivity index (χ1) is 12.7. The Balaban J connectivity index is 1.69. The summed E-state index contributed by atoms with van der Waals surface area (Å²) < 4.78 is 6.01. The van der Waals surface area contributed by atoms with Gasteiger partial charge in [0, 0.05) is 18.3 Å². The zero-order chi connectivity index (χ0) is 18.4. The minimum atomic E-state index is -0.488. The fourth-order valence-corrected chi connectivity index (χ4v) is 3.41. The third-order valence-corrected chi connectivity index (χ3v) is 4.89. The summed E-state index contributed by atoms with van der Waals surface area (Å²) in [7, 11) is 0. The summed E-state index contributed by atoms with van der Waals surface area (Å²) in [6, 6.07) is 10.0. The van der Waals surface area contributed by atoms with Gasteiger partial charge in [0.15, 0.2) is 0 Å². The van der Waals surface area contributed by atoms with Crippen molar-refractivity contribution < 1.29 is 9.53 Å². The minimum Gasteiger partial charge on any atom is -0.439 e. The molecule has 1 atom stereocenters. The molecule has 138 valence electrons. The van der Waals surface area contributed by atoms with E-state index in [1.807, 2.05) is 12.1 Å². The molecule has 3 N–H and O–H groups in total. The zero-order valence-corrected chi connectivity index (χ0v) is 15.3. The Kier molecular flexibility index (Phi) is 6.23. The van der Waals surface area contributed by atoms with E-state index in [4.69, 9.17) is 10.5 Å². The van der Waals surface area contributed by atoms with Crippen LogP contribution in [0, 0.1) is 0 Å². The number of fused-ring (bicyclic) bond motifs is 1. The van der Waals surface area contributed by atoms with Gasteiger partial charge in [-0.25, -0.2) is 4.98 Å². The van der Waals surface area contributed by atoms with E-state index in [1.54, 1.807) is 12.1 Å². The van der Waals surface area contributed by atoms with Crippen molar-refractivity contribution in [1.82, 2.24) is 10.3 Å². The molecule has 5 nitrogen and oxygen atoms in total. The van der Waals surface area contributed by atoms with Gasteiger partial charge < -0.3 is 15.8 Å². The number of hydrogen-bond donors (Lipinski definition) is 2. The van der Waals surface area contributed by atoms with Crippen LogP contribution in [0.3, 0.4) is 0 Å². The lowest BCUT2D eigenvalue weighted by atomic mass is 9.87. The van der Waals surface area contributed by atoms with Crippen molar-refractivity contribution >= 4 is 5.91 Å². The normalized spacial score (nSPS) is 16.1. The molecule has 0 bridgehead atoms. The van der Waals surface area contributed by atoms with Crippen molar-refractivity contribution in [2.45, 2.75) is 51.5 Å². The van der Waals surface area contributed by atoms with E-state index in [-0.39, 0.29) is 0 Å². The molecule has 26 heavy (non-hydrogen) atoms. The van der Waals surface area contributed by atoms with Gasteiger partial charge in [0.05, 0.1) is 5.56 Å². The number of unbranched alkanes of at least 4 members (excludes halogenated alkanes) is 2. The summed E-state index contributed by atoms with van der Waals surface area (Å²) in [5, 5.41) is 3.69. The van der Waals surface area contributed by atoms with Gasteiger partial charge >= 0.3 is 0 Å². The quantitative estimate of drug-likeness (QED) is 0.711. The Morgan fingerprint density at radius 2 is 2.19 bits per heavy atom. The second-order valence-corrected chi connectivity index (χ2v) is 6.85. The predicted molar refractivity (Wildman–Crippen MR) is 103 cm³/mol. The van der Waals surface area contributed by atoms with E-state index in [0.29, 0.717) is 17.5 Å². The van der Waals surface area contributed by atoms with Crippen molar-refractivity contribution in [1.29, 1.82) is 0 Å². The monoisotopic (exact) mass is 353 g/mol. The molecule has 1 aromatic heterocycles. The fourth-order valence-electron chi connectivity index (χ4n) is 3.41. The number of aromatic nitrogens is 1. The topological polar surface area (TPSA) is 77.2 Å². The number of nitrogens with zero attached hydrogens (tertiary/aromatic N) is 1. The second kappa shape index (κ2) is 8.81. The molecule has 3 rings (SSSR count). The lowest BCUT2D eigenvalue weighted by molar-refractivity contribution is 0.1000. The average Bonchev–Trinajstić information content (AvgIpc) is 2.66. The summed E-state index contributed by atoms with van der Waals surface area (Å²) >= 11 is 0. The average molecular weight is 353 g/mol. The summed E-state index contributed by atoms with van der Waals surface area (Å²) in [6.45, 7) is 3.30. The van der Waals surface area contributed by atoms with Crippen LogP contribution in [0.25, 0.3) is 0 Å². The molecule has 0 fully saturated rings. The van der Waals surface area contributed by atoms with Crippen LogP contribution in [0.4, 0.5) is 0 Å². The number of carbonyl (C=O) groups excluding carboxylic acids is 1. The third kappa shape index (κ3) is 4.61. The van der Waals surface area contributed by atoms with E-state index in [9.17, 15) is 4.79 Å². The molecule has 1 amide bonds. The van der Waals surface area contributed by atoms with Crippen molar-refractivity contribution in [3.63, 3.8) is 0 Å². The van der Waals surface area contributed by atoms with E-state index < -0.39 is 5.91 Å². The molecule has 0 saturated heterocycles. The lowest BCUT2D eigenvalue weighted by Crippen LogP contribution is -2.35. The van der Waals surface area contributed by atoms with Crippen LogP contribution in [0.15, 0.2) is 36.5 Å². The molecule has 1 aromatic carbocycles. The van der Waals surface area contributed by atoms with Gasteiger partial charge in [-0.2, -0.15) is 0 Å². The molecule has 0 radical (unpaired) electrons. The highest BCUT2D eigenvalue weighted by Gasteiger charge is 2.21. The van der Waals surface area contributed by atoms with Crippen LogP contribution in [-0.4, -0.2) is 23.5 Å². The summed E-state index contributed by atoms with van der Waals surface area (Å²) in [5.74, 6) is 0.835. The maximum Gasteiger partial charge on any atom is 0.250 e. The number of nitrogens with two attached hydrogens (primary N) is 1. The van der Waals surface area contributed by atoms with E-state index >= 15 is 0 Å². The van der Waals surface area contributed by atoms with E-state index in [2.05, 4.69) is 23.3 Å². The Morgan fingerprint density at radius 1 is 1.31 bits per heavy atom. The van der Waals surface area contributed by atoms with Gasteiger partial charge in [-0.1, -0.05) is 31.9 Å². The van der Waals surface area contributed by atoms with Crippen LogP contribution < -0.4 is 15.8 Å². The van der Waals surface area contributed by atoms with Crippen LogP contribution in [-0.2, 0) is 12.8 Å².